The number of nitro groups is 1. The number of anilines is 3. The first-order valence-electron chi connectivity index (χ1n) is 10.1. The SMILES string of the molecule is O=C(Nc1ccc(N2CCOCC2)c(Br)c1)c1cc([N+](=O)[O-])ccc1N1CCOCC1. The minimum absolute atomic E-state index is 0.119. The summed E-state index contributed by atoms with van der Waals surface area (Å²) in [5, 5.41) is 14.2. The number of non-ortho nitro benzene ring substituents is 1. The van der Waals surface area contributed by atoms with Gasteiger partial charge < -0.3 is 24.6 Å². The van der Waals surface area contributed by atoms with Crippen LogP contribution in [0.1, 0.15) is 10.4 Å². The number of hydrogen-bond donors (Lipinski definition) is 1. The molecule has 0 unspecified atom stereocenters. The number of benzene rings is 2. The molecular weight excluding hydrogens is 468 g/mol. The molecule has 0 spiro atoms. The Morgan fingerprint density at radius 1 is 0.935 bits per heavy atom. The van der Waals surface area contributed by atoms with Gasteiger partial charge in [0.25, 0.3) is 11.6 Å². The number of amides is 1. The third-order valence-corrected chi connectivity index (χ3v) is 5.98. The minimum Gasteiger partial charge on any atom is -0.378 e. The molecule has 0 saturated carbocycles. The number of nitrogens with zero attached hydrogens (tertiary/aromatic N) is 3. The average Bonchev–Trinajstić information content (AvgIpc) is 2.80. The third-order valence-electron chi connectivity index (χ3n) is 5.34. The van der Waals surface area contributed by atoms with Crippen molar-refractivity contribution in [3.8, 4) is 0 Å². The molecule has 0 bridgehead atoms. The Morgan fingerprint density at radius 2 is 1.52 bits per heavy atom. The van der Waals surface area contributed by atoms with Crippen LogP contribution in [0.25, 0.3) is 0 Å². The number of nitro benzene ring substituents is 1. The van der Waals surface area contributed by atoms with E-state index in [-0.39, 0.29) is 11.3 Å². The summed E-state index contributed by atoms with van der Waals surface area (Å²) in [6, 6.07) is 10.0. The van der Waals surface area contributed by atoms with Crippen molar-refractivity contribution in [1.29, 1.82) is 0 Å². The standard InChI is InChI=1S/C21H23BrN4O5/c22-18-13-15(1-3-20(18)25-7-11-31-12-8-25)23-21(27)17-14-16(26(28)29)2-4-19(17)24-5-9-30-10-6-24/h1-4,13-14H,5-12H2,(H,23,27). The first kappa shape index (κ1) is 21.5. The van der Waals surface area contributed by atoms with Crippen LogP contribution >= 0.6 is 15.9 Å². The molecule has 0 radical (unpaired) electrons. The molecule has 31 heavy (non-hydrogen) atoms. The first-order valence-corrected chi connectivity index (χ1v) is 10.9. The zero-order valence-electron chi connectivity index (χ0n) is 16.9. The van der Waals surface area contributed by atoms with E-state index in [2.05, 4.69) is 26.1 Å². The van der Waals surface area contributed by atoms with Crippen molar-refractivity contribution in [2.75, 3.05) is 67.7 Å². The normalized spacial score (nSPS) is 16.8. The molecule has 9 nitrogen and oxygen atoms in total. The minimum atomic E-state index is -0.492. The number of ether oxygens (including phenoxy) is 2. The quantitative estimate of drug-likeness (QED) is 0.507. The molecule has 0 atom stereocenters. The van der Waals surface area contributed by atoms with E-state index in [0.29, 0.717) is 50.9 Å². The Morgan fingerprint density at radius 3 is 2.10 bits per heavy atom. The van der Waals surface area contributed by atoms with Gasteiger partial charge in [-0.1, -0.05) is 0 Å². The largest absolute Gasteiger partial charge is 0.378 e. The van der Waals surface area contributed by atoms with Crippen molar-refractivity contribution in [3.63, 3.8) is 0 Å². The topological polar surface area (TPSA) is 97.2 Å². The van der Waals surface area contributed by atoms with Crippen molar-refractivity contribution in [1.82, 2.24) is 0 Å². The fourth-order valence-corrected chi connectivity index (χ4v) is 4.37. The van der Waals surface area contributed by atoms with Crippen LogP contribution in [0, 0.1) is 10.1 Å². The molecule has 2 heterocycles. The van der Waals surface area contributed by atoms with Gasteiger partial charge in [0.2, 0.25) is 0 Å². The Hall–Kier alpha value is -2.69. The van der Waals surface area contributed by atoms with Crippen molar-refractivity contribution in [2.24, 2.45) is 0 Å². The van der Waals surface area contributed by atoms with Crippen molar-refractivity contribution >= 4 is 44.6 Å². The van der Waals surface area contributed by atoms with Gasteiger partial charge in [-0.25, -0.2) is 0 Å². The first-order chi connectivity index (χ1) is 15.0. The number of hydrogen-bond acceptors (Lipinski definition) is 7. The van der Waals surface area contributed by atoms with Gasteiger partial charge in [-0.15, -0.1) is 0 Å². The molecule has 2 aromatic rings. The molecule has 4 rings (SSSR count). The van der Waals surface area contributed by atoms with Gasteiger partial charge in [0.05, 0.1) is 48.3 Å². The van der Waals surface area contributed by atoms with E-state index in [9.17, 15) is 14.9 Å². The summed E-state index contributed by atoms with van der Waals surface area (Å²) in [6.07, 6.45) is 0. The van der Waals surface area contributed by atoms with Crippen LogP contribution in [0.5, 0.6) is 0 Å². The summed E-state index contributed by atoms with van der Waals surface area (Å²) in [7, 11) is 0. The zero-order chi connectivity index (χ0) is 21.8. The number of carbonyl (C=O) groups excluding carboxylic acids is 1. The van der Waals surface area contributed by atoms with Crippen LogP contribution in [0.3, 0.4) is 0 Å². The predicted molar refractivity (Wildman–Crippen MR) is 121 cm³/mol. The molecular formula is C21H23BrN4O5. The van der Waals surface area contributed by atoms with E-state index in [0.717, 1.165) is 23.2 Å². The van der Waals surface area contributed by atoms with Gasteiger partial charge in [0.1, 0.15) is 0 Å². The van der Waals surface area contributed by atoms with Gasteiger partial charge in [-0.3, -0.25) is 14.9 Å². The second-order valence-corrected chi connectivity index (χ2v) is 8.13. The van der Waals surface area contributed by atoms with Gasteiger partial charge in [0.15, 0.2) is 0 Å². The number of morpholine rings is 2. The highest BCUT2D eigenvalue weighted by Gasteiger charge is 2.22. The summed E-state index contributed by atoms with van der Waals surface area (Å²) < 4.78 is 11.6. The van der Waals surface area contributed by atoms with Gasteiger partial charge in [0, 0.05) is 48.5 Å². The van der Waals surface area contributed by atoms with Crippen molar-refractivity contribution in [3.05, 3.63) is 56.5 Å². The second-order valence-electron chi connectivity index (χ2n) is 7.28. The van der Waals surface area contributed by atoms with E-state index in [1.54, 1.807) is 6.07 Å². The van der Waals surface area contributed by atoms with Crippen LogP contribution in [0.4, 0.5) is 22.7 Å². The summed E-state index contributed by atoms with van der Waals surface area (Å²) in [5.74, 6) is -0.392. The number of nitrogens with one attached hydrogen (secondary N) is 1. The molecule has 2 fully saturated rings. The van der Waals surface area contributed by atoms with Gasteiger partial charge in [-0.05, 0) is 40.2 Å². The number of rotatable bonds is 5. The van der Waals surface area contributed by atoms with E-state index in [4.69, 9.17) is 9.47 Å². The maximum atomic E-state index is 13.1. The molecule has 2 aromatic carbocycles. The number of halogens is 1. The fourth-order valence-electron chi connectivity index (χ4n) is 3.74. The molecule has 1 amide bonds. The van der Waals surface area contributed by atoms with Crippen LogP contribution in [0.15, 0.2) is 40.9 Å². The maximum Gasteiger partial charge on any atom is 0.270 e. The lowest BCUT2D eigenvalue weighted by Gasteiger charge is -2.30. The predicted octanol–water partition coefficient (Wildman–Crippen LogP) is 3.28. The lowest BCUT2D eigenvalue weighted by molar-refractivity contribution is -0.384. The summed E-state index contributed by atoms with van der Waals surface area (Å²) in [5.41, 5.74) is 2.45. The average molecular weight is 491 g/mol. The Kier molecular flexibility index (Phi) is 6.69. The Balaban J connectivity index is 1.57. The molecule has 0 aromatic heterocycles. The zero-order valence-corrected chi connectivity index (χ0v) is 18.5. The molecule has 0 aliphatic carbocycles. The van der Waals surface area contributed by atoms with Crippen molar-refractivity contribution in [2.45, 2.75) is 0 Å². The molecule has 2 aliphatic heterocycles. The third kappa shape index (κ3) is 4.97. The van der Waals surface area contributed by atoms with E-state index < -0.39 is 10.8 Å². The maximum absolute atomic E-state index is 13.1. The van der Waals surface area contributed by atoms with E-state index >= 15 is 0 Å². The molecule has 10 heteroatoms. The monoisotopic (exact) mass is 490 g/mol. The van der Waals surface area contributed by atoms with E-state index in [1.165, 1.54) is 12.1 Å². The van der Waals surface area contributed by atoms with Crippen LogP contribution in [0.2, 0.25) is 0 Å². The smallest absolute Gasteiger partial charge is 0.270 e. The van der Waals surface area contributed by atoms with E-state index in [1.807, 2.05) is 23.1 Å². The summed E-state index contributed by atoms with van der Waals surface area (Å²) in [4.78, 5) is 28.1. The lowest BCUT2D eigenvalue weighted by Crippen LogP contribution is -2.37. The summed E-state index contributed by atoms with van der Waals surface area (Å²) in [6.45, 7) is 5.32. The van der Waals surface area contributed by atoms with Crippen LogP contribution in [-0.4, -0.2) is 63.4 Å². The van der Waals surface area contributed by atoms with Gasteiger partial charge in [-0.2, -0.15) is 0 Å². The highest BCUT2D eigenvalue weighted by molar-refractivity contribution is 9.10. The second kappa shape index (κ2) is 9.63. The molecule has 2 aliphatic rings. The molecule has 2 saturated heterocycles. The molecule has 164 valence electrons. The Labute approximate surface area is 188 Å². The van der Waals surface area contributed by atoms with Crippen LogP contribution in [-0.2, 0) is 9.47 Å². The fraction of sp³-hybridized carbons (Fsp3) is 0.381. The van der Waals surface area contributed by atoms with Gasteiger partial charge >= 0.3 is 0 Å². The highest BCUT2D eigenvalue weighted by Crippen LogP contribution is 2.31. The van der Waals surface area contributed by atoms with Crippen molar-refractivity contribution < 1.29 is 19.2 Å². The van der Waals surface area contributed by atoms with Crippen LogP contribution < -0.4 is 15.1 Å². The number of carbonyl (C=O) groups is 1. The highest BCUT2D eigenvalue weighted by atomic mass is 79.9. The Bertz CT molecular complexity index is 974. The summed E-state index contributed by atoms with van der Waals surface area (Å²) >= 11 is 3.59. The molecule has 1 N–H and O–H groups in total. The lowest BCUT2D eigenvalue weighted by atomic mass is 10.1.